The summed E-state index contributed by atoms with van der Waals surface area (Å²) >= 11 is 7.02. The molecule has 15 heavy (non-hydrogen) atoms. The zero-order valence-corrected chi connectivity index (χ0v) is 9.35. The Hall–Kier alpha value is -1.33. The average molecular weight is 241 g/mol. The summed E-state index contributed by atoms with van der Waals surface area (Å²) in [4.78, 5) is 3.99. The van der Waals surface area contributed by atoms with E-state index in [4.69, 9.17) is 17.3 Å². The summed E-state index contributed by atoms with van der Waals surface area (Å²) < 4.78 is 3.87. The molecule has 3 N–H and O–H groups in total. The number of hydrogen-bond acceptors (Lipinski definition) is 5. The van der Waals surface area contributed by atoms with Crippen molar-refractivity contribution >= 4 is 34.2 Å². The zero-order chi connectivity index (χ0) is 10.7. The number of nitrogens with two attached hydrogens (primary N) is 1. The fourth-order valence-electron chi connectivity index (χ4n) is 1.09. The van der Waals surface area contributed by atoms with Crippen LogP contribution >= 0.6 is 23.1 Å². The van der Waals surface area contributed by atoms with Gasteiger partial charge in [0.15, 0.2) is 0 Å². The van der Waals surface area contributed by atoms with Crippen molar-refractivity contribution in [1.29, 1.82) is 0 Å². The monoisotopic (exact) mass is 240 g/mol. The largest absolute Gasteiger partial charge is 0.367 e. The number of aromatic nitrogens is 2. The molecule has 0 aliphatic heterocycles. The molecule has 1 aromatic heterocycles. The van der Waals surface area contributed by atoms with Crippen molar-refractivity contribution in [2.24, 2.45) is 0 Å². The quantitative estimate of drug-likeness (QED) is 0.865. The molecule has 1 heterocycles. The number of rotatable bonds is 3. The van der Waals surface area contributed by atoms with E-state index in [1.165, 1.54) is 11.5 Å². The molecule has 0 spiro atoms. The first kappa shape index (κ1) is 10.2. The summed E-state index contributed by atoms with van der Waals surface area (Å²) in [5.41, 5.74) is 6.53. The second kappa shape index (κ2) is 4.46. The maximum Gasteiger partial charge on any atom is 0.233 e. The maximum absolute atomic E-state index is 5.77. The lowest BCUT2D eigenvalue weighted by atomic mass is 10.2. The van der Waals surface area contributed by atoms with Gasteiger partial charge in [0.2, 0.25) is 11.1 Å². The number of nitrogens with one attached hydrogen (secondary N) is 1. The van der Waals surface area contributed by atoms with E-state index >= 15 is 0 Å². The molecule has 2 aromatic rings. The van der Waals surface area contributed by atoms with Crippen LogP contribution in [0.25, 0.3) is 0 Å². The fraction of sp³-hybridized carbons (Fsp3) is 0.111. The van der Waals surface area contributed by atoms with E-state index in [9.17, 15) is 0 Å². The molecular formula is C9H9ClN4S. The lowest BCUT2D eigenvalue weighted by Crippen LogP contribution is -1.98. The number of hydrogen-bond donors (Lipinski definition) is 2. The van der Waals surface area contributed by atoms with Crippen LogP contribution in [-0.4, -0.2) is 9.36 Å². The van der Waals surface area contributed by atoms with Crippen molar-refractivity contribution in [3.8, 4) is 0 Å². The van der Waals surface area contributed by atoms with Crippen LogP contribution in [-0.2, 0) is 6.54 Å². The molecule has 0 fully saturated rings. The first-order valence-electron chi connectivity index (χ1n) is 4.31. The minimum Gasteiger partial charge on any atom is -0.367 e. The van der Waals surface area contributed by atoms with Crippen molar-refractivity contribution in [2.75, 3.05) is 11.1 Å². The summed E-state index contributed by atoms with van der Waals surface area (Å²) in [5.74, 6) is 0.304. The van der Waals surface area contributed by atoms with E-state index in [2.05, 4.69) is 14.7 Å². The van der Waals surface area contributed by atoms with Gasteiger partial charge in [0.25, 0.3) is 0 Å². The summed E-state index contributed by atoms with van der Waals surface area (Å²) in [5, 5.41) is 4.58. The van der Waals surface area contributed by atoms with E-state index < -0.39 is 0 Å². The molecule has 0 unspecified atom stereocenters. The number of anilines is 2. The third-order valence-corrected chi connectivity index (χ3v) is 2.74. The van der Waals surface area contributed by atoms with E-state index in [-0.39, 0.29) is 0 Å². The minimum atomic E-state index is 0.304. The zero-order valence-electron chi connectivity index (χ0n) is 7.77. The van der Waals surface area contributed by atoms with Gasteiger partial charge in [0.1, 0.15) is 0 Å². The second-order valence-corrected chi connectivity index (χ2v) is 4.13. The highest BCUT2D eigenvalue weighted by Gasteiger charge is 1.99. The van der Waals surface area contributed by atoms with Gasteiger partial charge in [0.05, 0.1) is 0 Å². The van der Waals surface area contributed by atoms with Gasteiger partial charge in [-0.2, -0.15) is 9.36 Å². The predicted octanol–water partition coefficient (Wildman–Crippen LogP) is 2.39. The Morgan fingerprint density at radius 1 is 1.33 bits per heavy atom. The molecular weight excluding hydrogens is 232 g/mol. The van der Waals surface area contributed by atoms with E-state index in [0.29, 0.717) is 12.5 Å². The third-order valence-electron chi connectivity index (χ3n) is 1.80. The minimum absolute atomic E-state index is 0.304. The Balaban J connectivity index is 1.96. The van der Waals surface area contributed by atoms with E-state index in [0.717, 1.165) is 15.7 Å². The summed E-state index contributed by atoms with van der Waals surface area (Å²) in [6, 6.07) is 7.62. The van der Waals surface area contributed by atoms with Crippen LogP contribution in [0, 0.1) is 0 Å². The topological polar surface area (TPSA) is 63.8 Å². The number of benzene rings is 1. The predicted molar refractivity (Wildman–Crippen MR) is 63.1 cm³/mol. The number of nitrogen functional groups attached to an aromatic ring is 1. The molecule has 4 nitrogen and oxygen atoms in total. The molecule has 0 radical (unpaired) electrons. The van der Waals surface area contributed by atoms with E-state index in [1.807, 2.05) is 24.3 Å². The first-order valence-corrected chi connectivity index (χ1v) is 5.47. The lowest BCUT2D eigenvalue weighted by molar-refractivity contribution is 1.13. The number of halogens is 1. The molecule has 2 rings (SSSR count). The van der Waals surface area contributed by atoms with E-state index in [1.54, 1.807) is 0 Å². The van der Waals surface area contributed by atoms with Crippen LogP contribution in [0.1, 0.15) is 5.56 Å². The van der Waals surface area contributed by atoms with Gasteiger partial charge in [-0.05, 0) is 17.7 Å². The van der Waals surface area contributed by atoms with Gasteiger partial charge in [-0.1, -0.05) is 23.7 Å². The van der Waals surface area contributed by atoms with Crippen LogP contribution in [0.2, 0.25) is 5.02 Å². The van der Waals surface area contributed by atoms with Crippen molar-refractivity contribution in [2.45, 2.75) is 6.54 Å². The fourth-order valence-corrected chi connectivity index (χ4v) is 1.70. The summed E-state index contributed by atoms with van der Waals surface area (Å²) in [6.07, 6.45) is 0. The molecule has 0 aliphatic rings. The van der Waals surface area contributed by atoms with Gasteiger partial charge in [-0.25, -0.2) is 0 Å². The Labute approximate surface area is 96.3 Å². The van der Waals surface area contributed by atoms with Gasteiger partial charge in [0, 0.05) is 23.1 Å². The molecule has 0 bridgehead atoms. The highest BCUT2D eigenvalue weighted by molar-refractivity contribution is 7.09. The van der Waals surface area contributed by atoms with Gasteiger partial charge in [-0.3, -0.25) is 0 Å². The van der Waals surface area contributed by atoms with Gasteiger partial charge < -0.3 is 11.1 Å². The smallest absolute Gasteiger partial charge is 0.233 e. The summed E-state index contributed by atoms with van der Waals surface area (Å²) in [7, 11) is 0. The molecule has 78 valence electrons. The maximum atomic E-state index is 5.77. The van der Waals surface area contributed by atoms with Crippen molar-refractivity contribution in [1.82, 2.24) is 9.36 Å². The molecule has 0 amide bonds. The van der Waals surface area contributed by atoms with Crippen molar-refractivity contribution in [3.63, 3.8) is 0 Å². The van der Waals surface area contributed by atoms with Gasteiger partial charge in [-0.15, -0.1) is 0 Å². The van der Waals surface area contributed by atoms with Crippen LogP contribution in [0.5, 0.6) is 0 Å². The Kier molecular flexibility index (Phi) is 3.03. The second-order valence-electron chi connectivity index (χ2n) is 2.94. The normalized spacial score (nSPS) is 10.2. The first-order chi connectivity index (χ1) is 7.24. The molecule has 0 saturated heterocycles. The SMILES string of the molecule is Nc1nsc(NCc2ccc(Cl)cc2)n1. The molecule has 6 heteroatoms. The molecule has 1 aromatic carbocycles. The highest BCUT2D eigenvalue weighted by Crippen LogP contribution is 2.14. The van der Waals surface area contributed by atoms with Crippen molar-refractivity contribution in [3.05, 3.63) is 34.9 Å². The highest BCUT2D eigenvalue weighted by atomic mass is 35.5. The number of nitrogens with zero attached hydrogens (tertiary/aromatic N) is 2. The molecule has 0 aliphatic carbocycles. The van der Waals surface area contributed by atoms with Crippen LogP contribution in [0.15, 0.2) is 24.3 Å². The molecule has 0 atom stereocenters. The van der Waals surface area contributed by atoms with Gasteiger partial charge >= 0.3 is 0 Å². The third kappa shape index (κ3) is 2.81. The average Bonchev–Trinajstić information content (AvgIpc) is 2.64. The van der Waals surface area contributed by atoms with Crippen LogP contribution < -0.4 is 11.1 Å². The standard InChI is InChI=1S/C9H9ClN4S/c10-7-3-1-6(2-4-7)5-12-9-13-8(11)14-15-9/h1-4H,5H2,(H3,11,12,13,14). The van der Waals surface area contributed by atoms with Crippen molar-refractivity contribution < 1.29 is 0 Å². The van der Waals surface area contributed by atoms with Crippen LogP contribution in [0.3, 0.4) is 0 Å². The summed E-state index contributed by atoms with van der Waals surface area (Å²) in [6.45, 7) is 0.686. The molecule has 0 saturated carbocycles. The Morgan fingerprint density at radius 2 is 2.07 bits per heavy atom. The Bertz CT molecular complexity index is 440. The Morgan fingerprint density at radius 3 is 2.67 bits per heavy atom. The van der Waals surface area contributed by atoms with Crippen LogP contribution in [0.4, 0.5) is 11.1 Å². The lowest BCUT2D eigenvalue weighted by Gasteiger charge is -2.01.